The molecule has 8 heavy (non-hydrogen) atoms. The van der Waals surface area contributed by atoms with Crippen LogP contribution >= 0.6 is 0 Å². The van der Waals surface area contributed by atoms with Gasteiger partial charge in [0.1, 0.15) is 0 Å². The van der Waals surface area contributed by atoms with Crippen molar-refractivity contribution in [1.29, 1.82) is 0 Å². The van der Waals surface area contributed by atoms with Gasteiger partial charge in [-0.1, -0.05) is 0 Å². The first-order valence-corrected chi connectivity index (χ1v) is 13.8. The van der Waals surface area contributed by atoms with Crippen LogP contribution < -0.4 is 5.73 Å². The van der Waals surface area contributed by atoms with Gasteiger partial charge in [-0.2, -0.15) is 0 Å². The van der Waals surface area contributed by atoms with Crippen LogP contribution in [0.3, 0.4) is 0 Å². The zero-order valence-electron chi connectivity index (χ0n) is 6.20. The third-order valence-corrected chi connectivity index (χ3v) is 6.42. The van der Waals surface area contributed by atoms with Gasteiger partial charge < -0.3 is 0 Å². The Kier molecular flexibility index (Phi) is 4.07. The molecule has 0 amide bonds. The Balaban J connectivity index is 3.11. The summed E-state index contributed by atoms with van der Waals surface area (Å²) >= 11 is -1.39. The van der Waals surface area contributed by atoms with Crippen LogP contribution in [0.2, 0.25) is 19.3 Å². The average molecular weight is 222 g/mol. The summed E-state index contributed by atoms with van der Waals surface area (Å²) in [5, 5.41) is 0. The number of nitrogens with two attached hydrogens (primary N) is 1. The van der Waals surface area contributed by atoms with E-state index in [-0.39, 0.29) is 0 Å². The van der Waals surface area contributed by atoms with E-state index in [0.717, 1.165) is 6.54 Å². The minimum absolute atomic E-state index is 0.883. The third kappa shape index (κ3) is 6.76. The van der Waals surface area contributed by atoms with Gasteiger partial charge in [0.15, 0.2) is 0 Å². The fraction of sp³-hybridized carbons (Fsp3) is 1.00. The summed E-state index contributed by atoms with van der Waals surface area (Å²) < 4.78 is 1.45. The summed E-state index contributed by atoms with van der Waals surface area (Å²) in [5.41, 5.74) is 5.37. The topological polar surface area (TPSA) is 26.0 Å². The molecule has 0 rings (SSSR count). The molecule has 2 N–H and O–H groups in total. The second-order valence-electron chi connectivity index (χ2n) is 3.45. The first-order valence-electron chi connectivity index (χ1n) is 3.26. The van der Waals surface area contributed by atoms with Gasteiger partial charge in [-0.3, -0.25) is 0 Å². The van der Waals surface area contributed by atoms with Crippen molar-refractivity contribution in [2.24, 2.45) is 5.73 Å². The standard InChI is InChI=1S/C3H8N.3CH3.Sn/c1-2-3-4;;;;/h1-4H2;3*1H3;. The number of hydrogen-bond donors (Lipinski definition) is 1. The molecule has 0 aliphatic rings. The summed E-state index contributed by atoms with van der Waals surface area (Å²) in [6.45, 7) is 0.883. The van der Waals surface area contributed by atoms with E-state index in [2.05, 4.69) is 14.8 Å². The van der Waals surface area contributed by atoms with Gasteiger partial charge in [0.05, 0.1) is 0 Å². The summed E-state index contributed by atoms with van der Waals surface area (Å²) in [5.74, 6) is 0. The van der Waals surface area contributed by atoms with Gasteiger partial charge in [0, 0.05) is 0 Å². The molecule has 0 saturated heterocycles. The van der Waals surface area contributed by atoms with Crippen molar-refractivity contribution in [2.45, 2.75) is 25.7 Å². The molecule has 0 aliphatic heterocycles. The molecule has 0 aromatic rings. The van der Waals surface area contributed by atoms with E-state index in [9.17, 15) is 0 Å². The van der Waals surface area contributed by atoms with Crippen LogP contribution in [0.15, 0.2) is 0 Å². The van der Waals surface area contributed by atoms with E-state index >= 15 is 0 Å². The molecule has 0 heterocycles. The number of hydrogen-bond acceptors (Lipinski definition) is 1. The first kappa shape index (κ1) is 8.76. The summed E-state index contributed by atoms with van der Waals surface area (Å²) in [6, 6.07) is 0. The van der Waals surface area contributed by atoms with Crippen LogP contribution in [0.25, 0.3) is 0 Å². The normalized spacial score (nSPS) is 12.0. The monoisotopic (exact) mass is 223 g/mol. The van der Waals surface area contributed by atoms with Crippen molar-refractivity contribution in [3.05, 3.63) is 0 Å². The Labute approximate surface area is 56.5 Å². The fourth-order valence-corrected chi connectivity index (χ4v) is 4.24. The Morgan fingerprint density at radius 1 is 1.25 bits per heavy atom. The summed E-state index contributed by atoms with van der Waals surface area (Å²) in [7, 11) is 0. The van der Waals surface area contributed by atoms with Gasteiger partial charge in [0.25, 0.3) is 0 Å². The van der Waals surface area contributed by atoms with Crippen LogP contribution in [0, 0.1) is 0 Å². The van der Waals surface area contributed by atoms with E-state index in [1.165, 1.54) is 10.9 Å². The number of rotatable bonds is 3. The van der Waals surface area contributed by atoms with E-state index in [0.29, 0.717) is 0 Å². The molecule has 0 aromatic carbocycles. The van der Waals surface area contributed by atoms with Crippen LogP contribution in [0.4, 0.5) is 0 Å². The van der Waals surface area contributed by atoms with Crippen LogP contribution in [-0.2, 0) is 0 Å². The maximum absolute atomic E-state index is 5.37. The molecule has 0 radical (unpaired) electrons. The quantitative estimate of drug-likeness (QED) is 0.722. The van der Waals surface area contributed by atoms with Crippen molar-refractivity contribution < 1.29 is 0 Å². The second kappa shape index (κ2) is 3.72. The SMILES string of the molecule is [CH3][Sn]([CH3])([CH3])[CH2]CCN. The van der Waals surface area contributed by atoms with E-state index in [1.807, 2.05) is 0 Å². The Morgan fingerprint density at radius 3 is 1.88 bits per heavy atom. The predicted octanol–water partition coefficient (Wildman–Crippen LogP) is 1.67. The molecule has 50 valence electrons. The van der Waals surface area contributed by atoms with Crippen LogP contribution in [-0.4, -0.2) is 24.9 Å². The van der Waals surface area contributed by atoms with Crippen LogP contribution in [0.1, 0.15) is 6.42 Å². The van der Waals surface area contributed by atoms with Crippen molar-refractivity contribution in [3.8, 4) is 0 Å². The molecule has 2 heteroatoms. The van der Waals surface area contributed by atoms with E-state index in [1.54, 1.807) is 0 Å². The van der Waals surface area contributed by atoms with Gasteiger partial charge >= 0.3 is 56.3 Å². The molecule has 0 saturated carbocycles. The predicted molar refractivity (Wildman–Crippen MR) is 41.8 cm³/mol. The Bertz CT molecular complexity index is 56.0. The molecular formula is C6H17NSn. The summed E-state index contributed by atoms with van der Waals surface area (Å²) in [4.78, 5) is 7.35. The van der Waals surface area contributed by atoms with Crippen molar-refractivity contribution in [2.75, 3.05) is 6.54 Å². The third-order valence-electron chi connectivity index (χ3n) is 1.13. The molecule has 0 bridgehead atoms. The van der Waals surface area contributed by atoms with Gasteiger partial charge in [-0.15, -0.1) is 0 Å². The molecule has 1 nitrogen and oxygen atoms in total. The van der Waals surface area contributed by atoms with E-state index < -0.39 is 18.4 Å². The molecule has 0 aromatic heterocycles. The minimum atomic E-state index is -1.39. The van der Waals surface area contributed by atoms with Gasteiger partial charge in [-0.25, -0.2) is 0 Å². The molecule has 0 spiro atoms. The molecule has 0 aliphatic carbocycles. The van der Waals surface area contributed by atoms with Crippen LogP contribution in [0.5, 0.6) is 0 Å². The zero-order valence-corrected chi connectivity index (χ0v) is 9.05. The van der Waals surface area contributed by atoms with Crippen molar-refractivity contribution in [3.63, 3.8) is 0 Å². The zero-order chi connectivity index (χ0) is 6.62. The van der Waals surface area contributed by atoms with E-state index in [4.69, 9.17) is 5.73 Å². The summed E-state index contributed by atoms with van der Waals surface area (Å²) in [6.07, 6.45) is 1.25. The van der Waals surface area contributed by atoms with Crippen molar-refractivity contribution >= 4 is 18.4 Å². The van der Waals surface area contributed by atoms with Crippen molar-refractivity contribution in [1.82, 2.24) is 0 Å². The Hall–Kier alpha value is 0.759. The molecule has 0 unspecified atom stereocenters. The first-order chi connectivity index (χ1) is 3.56. The Morgan fingerprint density at radius 2 is 1.75 bits per heavy atom. The fourth-order valence-electron chi connectivity index (χ4n) is 0.632. The van der Waals surface area contributed by atoms with Gasteiger partial charge in [-0.05, 0) is 0 Å². The molecule has 0 fully saturated rings. The average Bonchev–Trinajstić information content (AvgIpc) is 1.59. The maximum atomic E-state index is 5.37. The molecular weight excluding hydrogens is 205 g/mol. The second-order valence-corrected chi connectivity index (χ2v) is 19.5. The molecule has 0 atom stereocenters. The van der Waals surface area contributed by atoms with Gasteiger partial charge in [0.2, 0.25) is 0 Å².